The van der Waals surface area contributed by atoms with Crippen molar-refractivity contribution in [2.75, 3.05) is 54.0 Å². The lowest BCUT2D eigenvalue weighted by Gasteiger charge is -2.31. The Morgan fingerprint density at radius 1 is 1.11 bits per heavy atom. The van der Waals surface area contributed by atoms with Crippen LogP contribution in [0.25, 0.3) is 0 Å². The molecule has 0 N–H and O–H groups in total. The second-order valence-corrected chi connectivity index (χ2v) is 7.53. The van der Waals surface area contributed by atoms with Gasteiger partial charge in [-0.15, -0.1) is 0 Å². The molecule has 7 heteroatoms. The van der Waals surface area contributed by atoms with Crippen molar-refractivity contribution in [1.82, 2.24) is 14.7 Å². The minimum Gasteiger partial charge on any atom is -0.493 e. The fourth-order valence-electron chi connectivity index (χ4n) is 4.34. The molecule has 2 heterocycles. The van der Waals surface area contributed by atoms with Crippen molar-refractivity contribution in [2.45, 2.75) is 25.8 Å². The Hall–Kier alpha value is -2.28. The van der Waals surface area contributed by atoms with Crippen molar-refractivity contribution in [3.63, 3.8) is 0 Å². The molecule has 0 bridgehead atoms. The molecular formula is C21H31N3O4. The first kappa shape index (κ1) is 20.5. The summed E-state index contributed by atoms with van der Waals surface area (Å²) in [5.41, 5.74) is 0.913. The lowest BCUT2D eigenvalue weighted by atomic mass is 9.91. The Morgan fingerprint density at radius 2 is 1.86 bits per heavy atom. The molecular weight excluding hydrogens is 358 g/mol. The molecule has 2 aliphatic rings. The van der Waals surface area contributed by atoms with E-state index in [4.69, 9.17) is 9.47 Å². The summed E-state index contributed by atoms with van der Waals surface area (Å²) < 4.78 is 10.8. The molecule has 0 saturated carbocycles. The van der Waals surface area contributed by atoms with Crippen molar-refractivity contribution in [3.8, 4) is 11.5 Å². The number of nitrogens with zero attached hydrogens (tertiary/aromatic N) is 3. The number of ether oxygens (including phenoxy) is 2. The highest BCUT2D eigenvalue weighted by Crippen LogP contribution is 2.41. The molecule has 1 aromatic rings. The predicted molar refractivity (Wildman–Crippen MR) is 106 cm³/mol. The van der Waals surface area contributed by atoms with Crippen LogP contribution in [-0.4, -0.2) is 80.5 Å². The maximum atomic E-state index is 13.4. The summed E-state index contributed by atoms with van der Waals surface area (Å²) in [5.74, 6) is 0.996. The highest BCUT2D eigenvalue weighted by atomic mass is 16.5. The molecule has 2 saturated heterocycles. The number of hydrogen-bond acceptors (Lipinski definition) is 5. The Morgan fingerprint density at radius 3 is 2.54 bits per heavy atom. The van der Waals surface area contributed by atoms with Gasteiger partial charge in [0.1, 0.15) is 0 Å². The maximum absolute atomic E-state index is 13.4. The first-order chi connectivity index (χ1) is 13.5. The predicted octanol–water partition coefficient (Wildman–Crippen LogP) is 1.78. The van der Waals surface area contributed by atoms with Gasteiger partial charge in [-0.05, 0) is 44.6 Å². The number of hydrogen-bond donors (Lipinski definition) is 0. The zero-order valence-electron chi connectivity index (χ0n) is 17.3. The van der Waals surface area contributed by atoms with Crippen molar-refractivity contribution in [3.05, 3.63) is 23.8 Å². The highest BCUT2D eigenvalue weighted by molar-refractivity contribution is 5.90. The zero-order chi connectivity index (χ0) is 20.3. The summed E-state index contributed by atoms with van der Waals surface area (Å²) in [4.78, 5) is 32.1. The van der Waals surface area contributed by atoms with Gasteiger partial charge in [-0.1, -0.05) is 6.07 Å². The van der Waals surface area contributed by atoms with E-state index in [2.05, 4.69) is 11.9 Å². The van der Waals surface area contributed by atoms with Crippen molar-refractivity contribution in [1.29, 1.82) is 0 Å². The molecule has 3 rings (SSSR count). The Kier molecular flexibility index (Phi) is 6.44. The van der Waals surface area contributed by atoms with Crippen LogP contribution >= 0.6 is 0 Å². The van der Waals surface area contributed by atoms with E-state index >= 15 is 0 Å². The van der Waals surface area contributed by atoms with E-state index in [-0.39, 0.29) is 30.2 Å². The first-order valence-corrected chi connectivity index (χ1v) is 9.98. The molecule has 2 amide bonds. The Balaban J connectivity index is 1.91. The standard InChI is InChI=1S/C21H31N3O4/c1-5-24-19(25)14-16(21(26)23-10-6-9-22(2)11-12-23)20(24)15-7-8-17(27-3)18(13-15)28-4/h7-8,13,16,20H,5-6,9-12,14H2,1-4H3/t16-,20+/m1/s1. The van der Waals surface area contributed by atoms with Crippen LogP contribution < -0.4 is 9.47 Å². The first-order valence-electron chi connectivity index (χ1n) is 9.98. The molecule has 2 atom stereocenters. The third kappa shape index (κ3) is 3.94. The van der Waals surface area contributed by atoms with Gasteiger partial charge in [0.05, 0.1) is 26.2 Å². The van der Waals surface area contributed by atoms with E-state index < -0.39 is 0 Å². The van der Waals surface area contributed by atoms with Crippen LogP contribution in [0.15, 0.2) is 18.2 Å². The molecule has 0 aliphatic carbocycles. The zero-order valence-corrected chi connectivity index (χ0v) is 17.3. The SMILES string of the molecule is CCN1C(=O)C[C@@H](C(=O)N2CCCN(C)CC2)[C@@H]1c1ccc(OC)c(OC)c1. The van der Waals surface area contributed by atoms with Gasteiger partial charge < -0.3 is 24.2 Å². The lowest BCUT2D eigenvalue weighted by molar-refractivity contribution is -0.136. The van der Waals surface area contributed by atoms with E-state index in [1.807, 2.05) is 34.9 Å². The average molecular weight is 389 g/mol. The second-order valence-electron chi connectivity index (χ2n) is 7.53. The van der Waals surface area contributed by atoms with Crippen molar-refractivity contribution in [2.24, 2.45) is 5.92 Å². The van der Waals surface area contributed by atoms with E-state index in [0.717, 1.165) is 31.6 Å². The molecule has 7 nitrogen and oxygen atoms in total. The van der Waals surface area contributed by atoms with Gasteiger partial charge in [-0.25, -0.2) is 0 Å². The lowest BCUT2D eigenvalue weighted by Crippen LogP contribution is -2.40. The third-order valence-electron chi connectivity index (χ3n) is 5.87. The van der Waals surface area contributed by atoms with Gasteiger partial charge in [-0.3, -0.25) is 9.59 Å². The summed E-state index contributed by atoms with van der Waals surface area (Å²) in [6.45, 7) is 5.85. The van der Waals surface area contributed by atoms with Gasteiger partial charge >= 0.3 is 0 Å². The number of amides is 2. The summed E-state index contributed by atoms with van der Waals surface area (Å²) in [6, 6.07) is 5.39. The summed E-state index contributed by atoms with van der Waals surface area (Å²) >= 11 is 0. The topological polar surface area (TPSA) is 62.3 Å². The second kappa shape index (κ2) is 8.82. The van der Waals surface area contributed by atoms with Gasteiger partial charge in [-0.2, -0.15) is 0 Å². The van der Waals surface area contributed by atoms with Crippen LogP contribution in [0.4, 0.5) is 0 Å². The van der Waals surface area contributed by atoms with Crippen LogP contribution in [0.3, 0.4) is 0 Å². The number of rotatable bonds is 5. The maximum Gasteiger partial charge on any atom is 0.228 e. The number of carbonyl (C=O) groups is 2. The van der Waals surface area contributed by atoms with Crippen LogP contribution in [0, 0.1) is 5.92 Å². The van der Waals surface area contributed by atoms with E-state index in [1.165, 1.54) is 0 Å². The van der Waals surface area contributed by atoms with Crippen LogP contribution in [0.2, 0.25) is 0 Å². The minimum atomic E-state index is -0.367. The Labute approximate surface area is 167 Å². The number of likely N-dealkylation sites (tertiary alicyclic amines) is 1. The summed E-state index contributed by atoms with van der Waals surface area (Å²) in [6.07, 6.45) is 1.22. The van der Waals surface area contributed by atoms with E-state index in [9.17, 15) is 9.59 Å². The van der Waals surface area contributed by atoms with Crippen LogP contribution in [0.1, 0.15) is 31.4 Å². The summed E-state index contributed by atoms with van der Waals surface area (Å²) in [5, 5.41) is 0. The molecule has 2 fully saturated rings. The molecule has 154 valence electrons. The fraction of sp³-hybridized carbons (Fsp3) is 0.619. The monoisotopic (exact) mass is 389 g/mol. The Bertz CT molecular complexity index is 724. The normalized spacial score (nSPS) is 23.6. The van der Waals surface area contributed by atoms with E-state index in [0.29, 0.717) is 24.6 Å². The fourth-order valence-corrected chi connectivity index (χ4v) is 4.34. The smallest absolute Gasteiger partial charge is 0.228 e. The largest absolute Gasteiger partial charge is 0.493 e. The van der Waals surface area contributed by atoms with Gasteiger partial charge in [0.25, 0.3) is 0 Å². The molecule has 1 aromatic carbocycles. The van der Waals surface area contributed by atoms with Gasteiger partial charge in [0.2, 0.25) is 11.8 Å². The quantitative estimate of drug-likeness (QED) is 0.768. The number of carbonyl (C=O) groups excluding carboxylic acids is 2. The summed E-state index contributed by atoms with van der Waals surface area (Å²) in [7, 11) is 5.27. The number of likely N-dealkylation sites (N-methyl/N-ethyl adjacent to an activating group) is 1. The highest BCUT2D eigenvalue weighted by Gasteiger charge is 2.45. The number of methoxy groups -OCH3 is 2. The molecule has 0 unspecified atom stereocenters. The molecule has 2 aliphatic heterocycles. The molecule has 28 heavy (non-hydrogen) atoms. The van der Waals surface area contributed by atoms with Gasteiger partial charge in [0, 0.05) is 32.6 Å². The van der Waals surface area contributed by atoms with Crippen LogP contribution in [-0.2, 0) is 9.59 Å². The third-order valence-corrected chi connectivity index (χ3v) is 5.87. The van der Waals surface area contributed by atoms with Crippen molar-refractivity contribution >= 4 is 11.8 Å². The van der Waals surface area contributed by atoms with Gasteiger partial charge in [0.15, 0.2) is 11.5 Å². The molecule has 0 spiro atoms. The average Bonchev–Trinajstić information content (AvgIpc) is 2.89. The van der Waals surface area contributed by atoms with E-state index in [1.54, 1.807) is 14.2 Å². The molecule has 0 aromatic heterocycles. The van der Waals surface area contributed by atoms with Crippen molar-refractivity contribution < 1.29 is 19.1 Å². The van der Waals surface area contributed by atoms with Crippen LogP contribution in [0.5, 0.6) is 11.5 Å². The number of benzene rings is 1. The minimum absolute atomic E-state index is 0.0348. The molecule has 0 radical (unpaired) electrons.